The monoisotopic (exact) mass is 444 g/mol. The number of rotatable bonds is 6. The van der Waals surface area contributed by atoms with Gasteiger partial charge in [0.2, 0.25) is 5.95 Å². The smallest absolute Gasteiger partial charge is 0.329 e. The van der Waals surface area contributed by atoms with Crippen LogP contribution in [0, 0.1) is 13.8 Å². The normalized spacial score (nSPS) is 12.4. The van der Waals surface area contributed by atoms with E-state index in [0.717, 1.165) is 11.4 Å². The van der Waals surface area contributed by atoms with E-state index in [1.807, 2.05) is 19.9 Å². The molecule has 0 saturated carbocycles. The van der Waals surface area contributed by atoms with Gasteiger partial charge in [0.05, 0.1) is 17.3 Å². The third kappa shape index (κ3) is 3.87. The van der Waals surface area contributed by atoms with Crippen molar-refractivity contribution in [3.63, 3.8) is 0 Å². The number of aliphatic hydroxyl groups is 1. The van der Waals surface area contributed by atoms with Crippen LogP contribution in [0.2, 0.25) is 5.02 Å². The maximum absolute atomic E-state index is 12.6. The molecule has 0 bridgehead atoms. The number of aromatic nitrogens is 6. The maximum atomic E-state index is 12.6. The van der Waals surface area contributed by atoms with Crippen LogP contribution in [0.3, 0.4) is 0 Å². The molecular weight excluding hydrogens is 424 g/mol. The molecule has 1 unspecified atom stereocenters. The van der Waals surface area contributed by atoms with Crippen LogP contribution >= 0.6 is 11.6 Å². The van der Waals surface area contributed by atoms with E-state index in [4.69, 9.17) is 16.3 Å². The molecule has 162 valence electrons. The number of H-pyrrole nitrogens is 1. The molecule has 10 nitrogen and oxygen atoms in total. The molecule has 0 aliphatic carbocycles. The van der Waals surface area contributed by atoms with Crippen LogP contribution in [0.1, 0.15) is 11.4 Å². The molecule has 3 heterocycles. The van der Waals surface area contributed by atoms with Gasteiger partial charge >= 0.3 is 5.69 Å². The lowest BCUT2D eigenvalue weighted by atomic mass is 10.3. The number of aryl methyl sites for hydroxylation is 3. The second-order valence-corrected chi connectivity index (χ2v) is 7.65. The molecule has 0 spiro atoms. The summed E-state index contributed by atoms with van der Waals surface area (Å²) in [5, 5.41) is 15.5. The topological polar surface area (TPSA) is 120 Å². The molecule has 0 radical (unpaired) electrons. The minimum Gasteiger partial charge on any atom is -0.489 e. The number of halogens is 1. The number of hydrogen-bond acceptors (Lipinski definition) is 6. The highest BCUT2D eigenvalue weighted by molar-refractivity contribution is 6.32. The first-order valence-electron chi connectivity index (χ1n) is 9.55. The number of nitrogens with zero attached hydrogens (tertiary/aromatic N) is 5. The summed E-state index contributed by atoms with van der Waals surface area (Å²) in [5.74, 6) is 0.752. The molecule has 4 rings (SSSR count). The van der Waals surface area contributed by atoms with Crippen LogP contribution in [-0.2, 0) is 13.6 Å². The Morgan fingerprint density at radius 1 is 1.26 bits per heavy atom. The van der Waals surface area contributed by atoms with Gasteiger partial charge in [0, 0.05) is 12.7 Å². The lowest BCUT2D eigenvalue weighted by molar-refractivity contribution is 0.0932. The largest absolute Gasteiger partial charge is 0.489 e. The van der Waals surface area contributed by atoms with Gasteiger partial charge in [0.25, 0.3) is 5.56 Å². The van der Waals surface area contributed by atoms with Gasteiger partial charge in [0.1, 0.15) is 18.5 Å². The van der Waals surface area contributed by atoms with Crippen molar-refractivity contribution in [2.24, 2.45) is 7.05 Å². The Morgan fingerprint density at radius 2 is 2.00 bits per heavy atom. The zero-order chi connectivity index (χ0) is 22.3. The van der Waals surface area contributed by atoms with Crippen molar-refractivity contribution in [1.29, 1.82) is 0 Å². The van der Waals surface area contributed by atoms with Gasteiger partial charge < -0.3 is 9.84 Å². The van der Waals surface area contributed by atoms with Gasteiger partial charge in [-0.2, -0.15) is 10.1 Å². The molecule has 0 aliphatic rings. The summed E-state index contributed by atoms with van der Waals surface area (Å²) in [6, 6.07) is 8.80. The van der Waals surface area contributed by atoms with E-state index < -0.39 is 17.4 Å². The molecule has 11 heteroatoms. The molecule has 2 N–H and O–H groups in total. The first kappa shape index (κ1) is 20.9. The Bertz CT molecular complexity index is 1380. The lowest BCUT2D eigenvalue weighted by Gasteiger charge is -2.16. The minimum absolute atomic E-state index is 0.0179. The van der Waals surface area contributed by atoms with Gasteiger partial charge in [-0.1, -0.05) is 23.7 Å². The van der Waals surface area contributed by atoms with Gasteiger partial charge in [-0.25, -0.2) is 9.48 Å². The average molecular weight is 445 g/mol. The molecular formula is C20H21ClN6O4. The van der Waals surface area contributed by atoms with Crippen LogP contribution < -0.4 is 16.0 Å². The molecule has 1 aromatic carbocycles. The lowest BCUT2D eigenvalue weighted by Crippen LogP contribution is -2.31. The molecule has 0 fully saturated rings. The quantitative estimate of drug-likeness (QED) is 0.463. The van der Waals surface area contributed by atoms with E-state index in [-0.39, 0.29) is 24.3 Å². The highest BCUT2D eigenvalue weighted by Crippen LogP contribution is 2.23. The van der Waals surface area contributed by atoms with Crippen LogP contribution in [-0.4, -0.2) is 46.7 Å². The van der Waals surface area contributed by atoms with Crippen LogP contribution in [0.25, 0.3) is 17.1 Å². The molecule has 31 heavy (non-hydrogen) atoms. The number of hydrogen-bond donors (Lipinski definition) is 2. The fourth-order valence-electron chi connectivity index (χ4n) is 3.40. The predicted molar refractivity (Wildman–Crippen MR) is 115 cm³/mol. The molecule has 0 amide bonds. The van der Waals surface area contributed by atoms with E-state index >= 15 is 0 Å². The number of para-hydroxylation sites is 1. The zero-order valence-electron chi connectivity index (χ0n) is 17.2. The zero-order valence-corrected chi connectivity index (χ0v) is 17.9. The maximum Gasteiger partial charge on any atom is 0.329 e. The predicted octanol–water partition coefficient (Wildman–Crippen LogP) is 1.32. The van der Waals surface area contributed by atoms with Crippen molar-refractivity contribution in [3.05, 3.63) is 67.6 Å². The Hall–Kier alpha value is -3.37. The summed E-state index contributed by atoms with van der Waals surface area (Å²) in [5.41, 5.74) is 0.720. The number of nitrogens with one attached hydrogen (secondary N) is 1. The number of imidazole rings is 1. The number of aromatic amines is 1. The first-order valence-corrected chi connectivity index (χ1v) is 9.92. The van der Waals surface area contributed by atoms with Gasteiger partial charge in [-0.15, -0.1) is 0 Å². The average Bonchev–Trinajstić information content (AvgIpc) is 3.25. The van der Waals surface area contributed by atoms with E-state index in [9.17, 15) is 14.7 Å². The van der Waals surface area contributed by atoms with Crippen LogP contribution in [0.15, 0.2) is 39.9 Å². The van der Waals surface area contributed by atoms with Crippen LogP contribution in [0.5, 0.6) is 5.75 Å². The molecule has 0 saturated heterocycles. The van der Waals surface area contributed by atoms with E-state index in [1.54, 1.807) is 28.9 Å². The Balaban J connectivity index is 1.76. The Morgan fingerprint density at radius 3 is 2.68 bits per heavy atom. The SMILES string of the molecule is Cc1cc(C)n(-c2nc3c(c(=O)[nH]c(=O)n3C)n2CC(O)COc2ccccc2Cl)n1. The second-order valence-electron chi connectivity index (χ2n) is 7.25. The highest BCUT2D eigenvalue weighted by Gasteiger charge is 2.22. The summed E-state index contributed by atoms with van der Waals surface area (Å²) in [4.78, 5) is 31.4. The Labute approximate surface area is 181 Å². The summed E-state index contributed by atoms with van der Waals surface area (Å²) >= 11 is 6.10. The van der Waals surface area contributed by atoms with Crippen molar-refractivity contribution in [2.75, 3.05) is 6.61 Å². The van der Waals surface area contributed by atoms with Crippen molar-refractivity contribution < 1.29 is 9.84 Å². The fraction of sp³-hybridized carbons (Fsp3) is 0.300. The third-order valence-electron chi connectivity index (χ3n) is 4.85. The van der Waals surface area contributed by atoms with E-state index in [2.05, 4.69) is 15.1 Å². The summed E-state index contributed by atoms with van der Waals surface area (Å²) in [6.07, 6.45) is -0.999. The summed E-state index contributed by atoms with van der Waals surface area (Å²) in [6.45, 7) is 3.61. The van der Waals surface area contributed by atoms with Crippen molar-refractivity contribution in [1.82, 2.24) is 28.9 Å². The van der Waals surface area contributed by atoms with Gasteiger partial charge in [-0.05, 0) is 32.0 Å². The fourth-order valence-corrected chi connectivity index (χ4v) is 3.59. The van der Waals surface area contributed by atoms with Crippen molar-refractivity contribution in [2.45, 2.75) is 26.5 Å². The summed E-state index contributed by atoms with van der Waals surface area (Å²) in [7, 11) is 1.51. The molecule has 1 atom stereocenters. The van der Waals surface area contributed by atoms with Crippen LogP contribution in [0.4, 0.5) is 0 Å². The molecule has 3 aromatic heterocycles. The third-order valence-corrected chi connectivity index (χ3v) is 5.16. The van der Waals surface area contributed by atoms with Crippen molar-refractivity contribution in [3.8, 4) is 11.7 Å². The first-order chi connectivity index (χ1) is 14.8. The number of ether oxygens (including phenoxy) is 1. The minimum atomic E-state index is -0.999. The number of aliphatic hydroxyl groups excluding tert-OH is 1. The van der Waals surface area contributed by atoms with E-state index in [1.165, 1.54) is 16.2 Å². The summed E-state index contributed by atoms with van der Waals surface area (Å²) < 4.78 is 9.98. The molecule has 4 aromatic rings. The second kappa shape index (κ2) is 8.05. The van der Waals surface area contributed by atoms with E-state index in [0.29, 0.717) is 16.7 Å². The highest BCUT2D eigenvalue weighted by atomic mass is 35.5. The van der Waals surface area contributed by atoms with Gasteiger partial charge in [0.15, 0.2) is 11.2 Å². The number of fused-ring (bicyclic) bond motifs is 1. The standard InChI is InChI=1S/C20H21ClN6O4/c1-11-8-12(2)27(24-11)19-22-17-16(18(29)23-20(30)25(17)3)26(19)9-13(28)10-31-15-7-5-4-6-14(15)21/h4-8,13,28H,9-10H2,1-3H3,(H,23,29,30). The number of benzene rings is 1. The van der Waals surface area contributed by atoms with Crippen molar-refractivity contribution >= 4 is 22.8 Å². The Kier molecular flexibility index (Phi) is 5.42. The van der Waals surface area contributed by atoms with Gasteiger partial charge in [-0.3, -0.25) is 18.9 Å². The molecule has 0 aliphatic heterocycles.